The van der Waals surface area contributed by atoms with Gasteiger partial charge in [0.25, 0.3) is 0 Å². The number of allylic oxidation sites excluding steroid dienone is 2. The molecule has 28 heavy (non-hydrogen) atoms. The maximum absolute atomic E-state index is 13.2. The number of ether oxygens (including phenoxy) is 2. The first-order valence-electron chi connectivity index (χ1n) is 9.24. The first kappa shape index (κ1) is 17.9. The minimum atomic E-state index is -0.269. The number of carbonyl (C=O) groups is 1. The van der Waals surface area contributed by atoms with Gasteiger partial charge in [0.05, 0.1) is 0 Å². The summed E-state index contributed by atoms with van der Waals surface area (Å²) in [5.74, 6) is 1.27. The highest BCUT2D eigenvalue weighted by Crippen LogP contribution is 2.52. The van der Waals surface area contributed by atoms with Crippen LogP contribution in [0.15, 0.2) is 41.6 Å². The van der Waals surface area contributed by atoms with Crippen LogP contribution in [0.25, 0.3) is 0 Å². The van der Waals surface area contributed by atoms with Crippen molar-refractivity contribution in [1.82, 2.24) is 0 Å². The maximum atomic E-state index is 13.2. The number of nitrogens with one attached hydrogen (secondary N) is 1. The van der Waals surface area contributed by atoms with Crippen molar-refractivity contribution in [3.63, 3.8) is 0 Å². The zero-order chi connectivity index (χ0) is 19.6. The normalized spacial score (nSPS) is 21.9. The number of fused-ring (bicyclic) bond motifs is 2. The van der Waals surface area contributed by atoms with Gasteiger partial charge < -0.3 is 14.8 Å². The molecule has 0 fully saturated rings. The van der Waals surface area contributed by atoms with Crippen LogP contribution in [0.4, 0.5) is 5.69 Å². The molecular formula is C22H19Cl2NO3. The van der Waals surface area contributed by atoms with E-state index in [1.165, 1.54) is 0 Å². The standard InChI is InChI=1S/C22H19Cl2NO3/c1-22(2)8-16-21(17(26)9-22)20(12-4-3-11(23)5-14(12)24)13-6-18-19(28-10-27-18)7-15(13)25-16/h3-7,20,25H,8-10H2,1-2H3/t20-/m1/s1. The van der Waals surface area contributed by atoms with Crippen molar-refractivity contribution in [2.45, 2.75) is 32.6 Å². The molecule has 0 aromatic heterocycles. The van der Waals surface area contributed by atoms with Crippen LogP contribution < -0.4 is 14.8 Å². The van der Waals surface area contributed by atoms with Gasteiger partial charge in [-0.3, -0.25) is 4.79 Å². The molecule has 0 spiro atoms. The van der Waals surface area contributed by atoms with Gasteiger partial charge in [0.2, 0.25) is 6.79 Å². The molecule has 6 heteroatoms. The fourth-order valence-corrected chi connectivity index (χ4v) is 4.98. The summed E-state index contributed by atoms with van der Waals surface area (Å²) in [4.78, 5) is 13.2. The molecule has 2 aromatic carbocycles. The zero-order valence-electron chi connectivity index (χ0n) is 15.6. The Hall–Kier alpha value is -2.17. The lowest BCUT2D eigenvalue weighted by atomic mass is 9.68. The largest absolute Gasteiger partial charge is 0.454 e. The highest BCUT2D eigenvalue weighted by Gasteiger charge is 2.41. The lowest BCUT2D eigenvalue weighted by Gasteiger charge is -2.39. The molecule has 2 heterocycles. The average molecular weight is 416 g/mol. The number of ketones is 1. The van der Waals surface area contributed by atoms with E-state index in [0.29, 0.717) is 28.0 Å². The zero-order valence-corrected chi connectivity index (χ0v) is 17.1. The van der Waals surface area contributed by atoms with Crippen molar-refractivity contribution in [3.8, 4) is 11.5 Å². The average Bonchev–Trinajstić information content (AvgIpc) is 3.05. The lowest BCUT2D eigenvalue weighted by Crippen LogP contribution is -2.33. The monoisotopic (exact) mass is 415 g/mol. The minimum Gasteiger partial charge on any atom is -0.454 e. The lowest BCUT2D eigenvalue weighted by molar-refractivity contribution is -0.118. The van der Waals surface area contributed by atoms with Gasteiger partial charge in [-0.15, -0.1) is 0 Å². The molecule has 0 amide bonds. The number of hydrogen-bond donors (Lipinski definition) is 1. The number of anilines is 1. The number of hydrogen-bond acceptors (Lipinski definition) is 4. The van der Waals surface area contributed by atoms with Crippen LogP contribution >= 0.6 is 23.2 Å². The maximum Gasteiger partial charge on any atom is 0.231 e. The fraction of sp³-hybridized carbons (Fsp3) is 0.318. The smallest absolute Gasteiger partial charge is 0.231 e. The molecule has 4 nitrogen and oxygen atoms in total. The summed E-state index contributed by atoms with van der Waals surface area (Å²) in [7, 11) is 0. The summed E-state index contributed by atoms with van der Waals surface area (Å²) in [6.07, 6.45) is 1.30. The van der Waals surface area contributed by atoms with Gasteiger partial charge in [-0.25, -0.2) is 0 Å². The second-order valence-electron chi connectivity index (χ2n) is 8.35. The minimum absolute atomic E-state index is 0.0922. The van der Waals surface area contributed by atoms with Crippen molar-refractivity contribution in [1.29, 1.82) is 0 Å². The summed E-state index contributed by atoms with van der Waals surface area (Å²) in [5.41, 5.74) is 4.40. The summed E-state index contributed by atoms with van der Waals surface area (Å²) in [6.45, 7) is 4.44. The predicted molar refractivity (Wildman–Crippen MR) is 110 cm³/mol. The van der Waals surface area contributed by atoms with Gasteiger partial charge in [-0.1, -0.05) is 43.1 Å². The molecule has 1 N–H and O–H groups in total. The highest BCUT2D eigenvalue weighted by atomic mass is 35.5. The molecule has 0 radical (unpaired) electrons. The van der Waals surface area contributed by atoms with Gasteiger partial charge in [0.1, 0.15) is 0 Å². The number of benzene rings is 2. The Balaban J connectivity index is 1.75. The number of carbonyl (C=O) groups excluding carboxylic acids is 1. The third-order valence-corrected chi connectivity index (χ3v) is 6.19. The van der Waals surface area contributed by atoms with E-state index in [0.717, 1.165) is 34.5 Å². The molecule has 0 saturated heterocycles. The van der Waals surface area contributed by atoms with Crippen molar-refractivity contribution in [2.24, 2.45) is 5.41 Å². The van der Waals surface area contributed by atoms with Crippen LogP contribution in [0.5, 0.6) is 11.5 Å². The van der Waals surface area contributed by atoms with E-state index in [-0.39, 0.29) is 23.9 Å². The van der Waals surface area contributed by atoms with Crippen LogP contribution in [0.1, 0.15) is 43.7 Å². The molecule has 2 aromatic rings. The van der Waals surface area contributed by atoms with Gasteiger partial charge in [-0.2, -0.15) is 0 Å². The number of rotatable bonds is 1. The van der Waals surface area contributed by atoms with Gasteiger partial charge >= 0.3 is 0 Å². The van der Waals surface area contributed by atoms with Crippen LogP contribution in [0.2, 0.25) is 10.0 Å². The summed E-state index contributed by atoms with van der Waals surface area (Å²) in [6, 6.07) is 9.35. The van der Waals surface area contributed by atoms with Crippen LogP contribution in [-0.2, 0) is 4.79 Å². The van der Waals surface area contributed by atoms with Gasteiger partial charge in [0.15, 0.2) is 17.3 Å². The Bertz CT molecular complexity index is 1060. The third kappa shape index (κ3) is 2.78. The molecule has 1 aliphatic carbocycles. The molecule has 3 aliphatic rings. The van der Waals surface area contributed by atoms with Crippen LogP contribution in [0.3, 0.4) is 0 Å². The van der Waals surface area contributed by atoms with Crippen molar-refractivity contribution in [3.05, 3.63) is 62.8 Å². The van der Waals surface area contributed by atoms with Crippen molar-refractivity contribution in [2.75, 3.05) is 12.1 Å². The van der Waals surface area contributed by atoms with E-state index in [9.17, 15) is 4.79 Å². The fourth-order valence-electron chi connectivity index (χ4n) is 4.46. The topological polar surface area (TPSA) is 47.6 Å². The Labute approximate surface area is 173 Å². The van der Waals surface area contributed by atoms with E-state index < -0.39 is 0 Å². The molecule has 144 valence electrons. The van der Waals surface area contributed by atoms with Crippen molar-refractivity contribution < 1.29 is 14.3 Å². The highest BCUT2D eigenvalue weighted by molar-refractivity contribution is 6.35. The molecule has 1 atom stereocenters. The summed E-state index contributed by atoms with van der Waals surface area (Å²) in [5, 5.41) is 4.62. The van der Waals surface area contributed by atoms with Gasteiger partial charge in [0, 0.05) is 45.4 Å². The second kappa shape index (κ2) is 6.16. The van der Waals surface area contributed by atoms with E-state index >= 15 is 0 Å². The molecule has 5 rings (SSSR count). The van der Waals surface area contributed by atoms with E-state index in [4.69, 9.17) is 32.7 Å². The van der Waals surface area contributed by atoms with Crippen LogP contribution in [0, 0.1) is 5.41 Å². The third-order valence-electron chi connectivity index (χ3n) is 5.62. The Morgan fingerprint density at radius 3 is 2.54 bits per heavy atom. The Morgan fingerprint density at radius 2 is 1.79 bits per heavy atom. The SMILES string of the molecule is CC1(C)CC(=O)C2=C(C1)Nc1cc3c(cc1[C@H]2c1ccc(Cl)cc1Cl)OCO3. The first-order valence-corrected chi connectivity index (χ1v) is 10.00. The molecular weight excluding hydrogens is 397 g/mol. The Kier molecular flexibility index (Phi) is 3.94. The van der Waals surface area contributed by atoms with E-state index in [1.807, 2.05) is 24.3 Å². The predicted octanol–water partition coefficient (Wildman–Crippen LogP) is 5.92. The molecule has 0 saturated carbocycles. The van der Waals surface area contributed by atoms with Crippen molar-refractivity contribution >= 4 is 34.7 Å². The van der Waals surface area contributed by atoms with Gasteiger partial charge in [-0.05, 0) is 41.2 Å². The van der Waals surface area contributed by atoms with E-state index in [1.54, 1.807) is 6.07 Å². The summed E-state index contributed by atoms with van der Waals surface area (Å²) < 4.78 is 11.1. The second-order valence-corrected chi connectivity index (χ2v) is 9.19. The molecule has 2 aliphatic heterocycles. The summed E-state index contributed by atoms with van der Waals surface area (Å²) >= 11 is 12.7. The Morgan fingerprint density at radius 1 is 1.04 bits per heavy atom. The first-order chi connectivity index (χ1) is 13.3. The number of Topliss-reactive ketones (excluding diaryl/α,β-unsaturated/α-hetero) is 1. The van der Waals surface area contributed by atoms with Crippen LogP contribution in [-0.4, -0.2) is 12.6 Å². The number of halogens is 2. The molecule has 0 unspecified atom stereocenters. The van der Waals surface area contributed by atoms with E-state index in [2.05, 4.69) is 19.2 Å². The molecule has 0 bridgehead atoms. The quantitative estimate of drug-likeness (QED) is 0.627.